The number of alkyl carbamates (subject to hydrolysis) is 2. The zero-order valence-electron chi connectivity index (χ0n) is 15.5. The van der Waals surface area contributed by atoms with E-state index in [9.17, 15) is 9.59 Å². The van der Waals surface area contributed by atoms with Crippen molar-refractivity contribution in [2.24, 2.45) is 0 Å². The summed E-state index contributed by atoms with van der Waals surface area (Å²) in [6, 6.07) is 7.38. The number of nitrogens with one attached hydrogen (secondary N) is 3. The van der Waals surface area contributed by atoms with Crippen LogP contribution in [0.1, 0.15) is 38.3 Å². The molecule has 0 radical (unpaired) electrons. The van der Waals surface area contributed by atoms with Gasteiger partial charge in [-0.15, -0.1) is 0 Å². The van der Waals surface area contributed by atoms with Crippen molar-refractivity contribution in [3.05, 3.63) is 35.4 Å². The SMILES string of the molecule is CNCCCNC(=O)OCc1ccccc1COC(=O)NC(C)(C)C. The molecular formula is C18H29N3O4. The lowest BCUT2D eigenvalue weighted by Crippen LogP contribution is -2.40. The Morgan fingerprint density at radius 1 is 0.960 bits per heavy atom. The van der Waals surface area contributed by atoms with Gasteiger partial charge in [-0.3, -0.25) is 0 Å². The van der Waals surface area contributed by atoms with Crippen molar-refractivity contribution in [3.8, 4) is 0 Å². The summed E-state index contributed by atoms with van der Waals surface area (Å²) in [6.07, 6.45) is -0.110. The second-order valence-corrected chi connectivity index (χ2v) is 6.68. The topological polar surface area (TPSA) is 88.7 Å². The highest BCUT2D eigenvalue weighted by Gasteiger charge is 2.15. The molecule has 0 spiro atoms. The minimum atomic E-state index is -0.481. The fraction of sp³-hybridized carbons (Fsp3) is 0.556. The lowest BCUT2D eigenvalue weighted by molar-refractivity contribution is 0.126. The van der Waals surface area contributed by atoms with Crippen molar-refractivity contribution < 1.29 is 19.1 Å². The van der Waals surface area contributed by atoms with E-state index in [0.717, 1.165) is 24.1 Å². The van der Waals surface area contributed by atoms with E-state index in [2.05, 4.69) is 16.0 Å². The molecule has 1 aromatic rings. The van der Waals surface area contributed by atoms with Gasteiger partial charge in [0.2, 0.25) is 0 Å². The van der Waals surface area contributed by atoms with Crippen molar-refractivity contribution in [2.75, 3.05) is 20.1 Å². The summed E-state index contributed by atoms with van der Waals surface area (Å²) in [5.74, 6) is 0. The first-order chi connectivity index (χ1) is 11.8. The minimum absolute atomic E-state index is 0.116. The molecular weight excluding hydrogens is 322 g/mol. The quantitative estimate of drug-likeness (QED) is 0.627. The van der Waals surface area contributed by atoms with Crippen LogP contribution in [0.25, 0.3) is 0 Å². The molecule has 25 heavy (non-hydrogen) atoms. The molecule has 0 fully saturated rings. The first kappa shape index (κ1) is 20.8. The average molecular weight is 351 g/mol. The van der Waals surface area contributed by atoms with E-state index < -0.39 is 12.2 Å². The fourth-order valence-electron chi connectivity index (χ4n) is 1.97. The maximum Gasteiger partial charge on any atom is 0.407 e. The Hall–Kier alpha value is -2.28. The molecule has 1 rings (SSSR count). The maximum absolute atomic E-state index is 11.7. The van der Waals surface area contributed by atoms with Crippen molar-refractivity contribution in [1.29, 1.82) is 0 Å². The molecule has 0 aliphatic heterocycles. The molecule has 1 aromatic carbocycles. The lowest BCUT2D eigenvalue weighted by Gasteiger charge is -2.20. The molecule has 0 saturated heterocycles. The second-order valence-electron chi connectivity index (χ2n) is 6.68. The number of carbonyl (C=O) groups excluding carboxylic acids is 2. The number of benzene rings is 1. The fourth-order valence-corrected chi connectivity index (χ4v) is 1.97. The predicted molar refractivity (Wildman–Crippen MR) is 96.2 cm³/mol. The van der Waals surface area contributed by atoms with Gasteiger partial charge >= 0.3 is 12.2 Å². The molecule has 0 saturated carbocycles. The van der Waals surface area contributed by atoms with Crippen molar-refractivity contribution >= 4 is 12.2 Å². The summed E-state index contributed by atoms with van der Waals surface area (Å²) in [7, 11) is 1.86. The van der Waals surface area contributed by atoms with E-state index in [1.54, 1.807) is 0 Å². The van der Waals surface area contributed by atoms with Gasteiger partial charge in [-0.25, -0.2) is 9.59 Å². The van der Waals surface area contributed by atoms with Gasteiger partial charge in [0.15, 0.2) is 0 Å². The first-order valence-electron chi connectivity index (χ1n) is 8.39. The molecule has 0 bridgehead atoms. The van der Waals surface area contributed by atoms with Gasteiger partial charge in [0.05, 0.1) is 0 Å². The maximum atomic E-state index is 11.7. The third-order valence-electron chi connectivity index (χ3n) is 3.19. The van der Waals surface area contributed by atoms with E-state index in [4.69, 9.17) is 9.47 Å². The van der Waals surface area contributed by atoms with Crippen LogP contribution in [0.4, 0.5) is 9.59 Å². The van der Waals surface area contributed by atoms with Gasteiger partial charge < -0.3 is 25.4 Å². The van der Waals surface area contributed by atoms with Crippen LogP contribution in [0.15, 0.2) is 24.3 Å². The van der Waals surface area contributed by atoms with Crippen LogP contribution in [-0.2, 0) is 22.7 Å². The highest BCUT2D eigenvalue weighted by atomic mass is 16.6. The average Bonchev–Trinajstić information content (AvgIpc) is 2.54. The summed E-state index contributed by atoms with van der Waals surface area (Å²) < 4.78 is 10.4. The van der Waals surface area contributed by atoms with Gasteiger partial charge in [-0.05, 0) is 51.9 Å². The highest BCUT2D eigenvalue weighted by Crippen LogP contribution is 2.12. The van der Waals surface area contributed by atoms with E-state index in [0.29, 0.717) is 6.54 Å². The summed E-state index contributed by atoms with van der Waals surface area (Å²) in [5.41, 5.74) is 1.25. The molecule has 7 nitrogen and oxygen atoms in total. The minimum Gasteiger partial charge on any atom is -0.445 e. The number of rotatable bonds is 8. The van der Waals surface area contributed by atoms with Crippen molar-refractivity contribution in [1.82, 2.24) is 16.0 Å². The molecule has 7 heteroatoms. The lowest BCUT2D eigenvalue weighted by atomic mass is 10.1. The zero-order valence-corrected chi connectivity index (χ0v) is 15.5. The van der Waals surface area contributed by atoms with Gasteiger partial charge in [-0.1, -0.05) is 24.3 Å². The molecule has 3 N–H and O–H groups in total. The van der Waals surface area contributed by atoms with Gasteiger partial charge in [0.25, 0.3) is 0 Å². The number of amides is 2. The van der Waals surface area contributed by atoms with Crippen LogP contribution in [0.3, 0.4) is 0 Å². The van der Waals surface area contributed by atoms with Gasteiger partial charge in [0.1, 0.15) is 13.2 Å². The smallest absolute Gasteiger partial charge is 0.407 e. The molecule has 0 unspecified atom stereocenters. The van der Waals surface area contributed by atoms with E-state index in [-0.39, 0.29) is 18.8 Å². The Morgan fingerprint density at radius 3 is 2.04 bits per heavy atom. The molecule has 0 aromatic heterocycles. The summed E-state index contributed by atoms with van der Waals surface area (Å²) in [5, 5.41) is 8.42. The Morgan fingerprint density at radius 2 is 1.52 bits per heavy atom. The Balaban J connectivity index is 2.45. The van der Waals surface area contributed by atoms with Crippen LogP contribution >= 0.6 is 0 Å². The second kappa shape index (κ2) is 10.6. The van der Waals surface area contributed by atoms with Crippen LogP contribution < -0.4 is 16.0 Å². The standard InChI is InChI=1S/C18H29N3O4/c1-18(2,3)21-17(23)25-13-15-9-6-5-8-14(15)12-24-16(22)20-11-7-10-19-4/h5-6,8-9,19H,7,10-13H2,1-4H3,(H,20,22)(H,21,23). The van der Waals surface area contributed by atoms with Crippen LogP contribution in [0.5, 0.6) is 0 Å². The molecule has 0 aliphatic carbocycles. The summed E-state index contributed by atoms with van der Waals surface area (Å²) in [4.78, 5) is 23.4. The third-order valence-corrected chi connectivity index (χ3v) is 3.19. The molecule has 2 amide bonds. The molecule has 140 valence electrons. The largest absolute Gasteiger partial charge is 0.445 e. The Labute approximate surface area is 149 Å². The van der Waals surface area contributed by atoms with Crippen molar-refractivity contribution in [3.63, 3.8) is 0 Å². The van der Waals surface area contributed by atoms with Crippen LogP contribution in [-0.4, -0.2) is 37.9 Å². The Kier molecular flexibility index (Phi) is 8.77. The summed E-state index contributed by atoms with van der Waals surface area (Å²) >= 11 is 0. The molecule has 0 atom stereocenters. The highest BCUT2D eigenvalue weighted by molar-refractivity contribution is 5.68. The van der Waals surface area contributed by atoms with Crippen LogP contribution in [0.2, 0.25) is 0 Å². The molecule has 0 aliphatic rings. The van der Waals surface area contributed by atoms with E-state index >= 15 is 0 Å². The predicted octanol–water partition coefficient (Wildman–Crippen LogP) is 2.55. The van der Waals surface area contributed by atoms with E-state index in [1.807, 2.05) is 52.1 Å². The molecule has 0 heterocycles. The third kappa shape index (κ3) is 9.56. The zero-order chi connectivity index (χ0) is 18.7. The van der Waals surface area contributed by atoms with Gasteiger partial charge in [-0.2, -0.15) is 0 Å². The normalized spacial score (nSPS) is 10.9. The van der Waals surface area contributed by atoms with Gasteiger partial charge in [0, 0.05) is 12.1 Å². The summed E-state index contributed by atoms with van der Waals surface area (Å²) in [6.45, 7) is 7.26. The van der Waals surface area contributed by atoms with Crippen molar-refractivity contribution in [2.45, 2.75) is 45.9 Å². The van der Waals surface area contributed by atoms with Crippen LogP contribution in [0, 0.1) is 0 Å². The number of carbonyl (C=O) groups is 2. The number of hydrogen-bond acceptors (Lipinski definition) is 5. The number of ether oxygens (including phenoxy) is 2. The monoisotopic (exact) mass is 351 g/mol. The van der Waals surface area contributed by atoms with E-state index in [1.165, 1.54) is 0 Å². The number of hydrogen-bond donors (Lipinski definition) is 3. The first-order valence-corrected chi connectivity index (χ1v) is 8.39. The Bertz CT molecular complexity index is 555.